The number of likely N-dealkylation sites (N-methyl/N-ethyl adjacent to an activating group) is 1. The van der Waals surface area contributed by atoms with Gasteiger partial charge in [-0.1, -0.05) is 65.5 Å². The van der Waals surface area contributed by atoms with Gasteiger partial charge in [0.15, 0.2) is 0 Å². The summed E-state index contributed by atoms with van der Waals surface area (Å²) >= 11 is 0. The van der Waals surface area contributed by atoms with E-state index in [0.717, 1.165) is 55.2 Å². The number of quaternary nitrogens is 1. The molecule has 0 unspecified atom stereocenters. The van der Waals surface area contributed by atoms with Crippen LogP contribution in [0.5, 0.6) is 0 Å². The highest BCUT2D eigenvalue weighted by Crippen LogP contribution is 2.67. The molecule has 212 valence electrons. The van der Waals surface area contributed by atoms with Crippen LogP contribution in [0.25, 0.3) is 0 Å². The van der Waals surface area contributed by atoms with Gasteiger partial charge in [0.05, 0.1) is 32.8 Å². The van der Waals surface area contributed by atoms with E-state index in [0.29, 0.717) is 16.9 Å². The van der Waals surface area contributed by atoms with E-state index in [1.807, 2.05) is 0 Å². The lowest BCUT2D eigenvalue weighted by Crippen LogP contribution is -2.57. The summed E-state index contributed by atoms with van der Waals surface area (Å²) in [5, 5.41) is 3.51. The molecular weight excluding hydrogens is 452 g/mol. The van der Waals surface area contributed by atoms with Crippen molar-refractivity contribution in [1.29, 1.82) is 0 Å². The number of nitrogens with zero attached hydrogens (tertiary/aromatic N) is 1. The van der Waals surface area contributed by atoms with Crippen LogP contribution in [-0.4, -0.2) is 57.0 Å². The number of piperazine rings is 1. The van der Waals surface area contributed by atoms with E-state index in [1.54, 1.807) is 5.57 Å². The highest BCUT2D eigenvalue weighted by atomic mass is 16.5. The molecule has 8 atom stereocenters. The molecule has 1 heterocycles. The summed E-state index contributed by atoms with van der Waals surface area (Å²) in [6.45, 7) is 19.7. The second-order valence-corrected chi connectivity index (χ2v) is 15.6. The molecule has 4 fully saturated rings. The number of allylic oxidation sites excluding steroid dienone is 1. The van der Waals surface area contributed by atoms with Crippen LogP contribution in [-0.2, 0) is 4.74 Å². The maximum atomic E-state index is 6.58. The Morgan fingerprint density at radius 3 is 2.54 bits per heavy atom. The van der Waals surface area contributed by atoms with Crippen LogP contribution in [0.15, 0.2) is 11.6 Å². The largest absolute Gasteiger partial charge is 0.372 e. The van der Waals surface area contributed by atoms with Crippen molar-refractivity contribution in [1.82, 2.24) is 5.32 Å². The third-order valence-corrected chi connectivity index (χ3v) is 12.9. The lowest BCUT2D eigenvalue weighted by molar-refractivity contribution is -0.911. The van der Waals surface area contributed by atoms with Gasteiger partial charge >= 0.3 is 0 Å². The maximum absolute atomic E-state index is 6.58. The summed E-state index contributed by atoms with van der Waals surface area (Å²) in [6, 6.07) is 0. The van der Waals surface area contributed by atoms with Crippen LogP contribution < -0.4 is 5.32 Å². The molecule has 0 bridgehead atoms. The molecule has 4 aliphatic carbocycles. The van der Waals surface area contributed by atoms with E-state index in [1.165, 1.54) is 94.7 Å². The van der Waals surface area contributed by atoms with Crippen LogP contribution in [0.4, 0.5) is 0 Å². The first-order valence-corrected chi connectivity index (χ1v) is 16.5. The number of rotatable bonds is 9. The number of hydrogen-bond donors (Lipinski definition) is 1. The fourth-order valence-electron chi connectivity index (χ4n) is 10.4. The van der Waals surface area contributed by atoms with Gasteiger partial charge < -0.3 is 14.5 Å². The van der Waals surface area contributed by atoms with Crippen molar-refractivity contribution in [3.05, 3.63) is 11.6 Å². The molecule has 5 rings (SSSR count). The van der Waals surface area contributed by atoms with E-state index in [9.17, 15) is 0 Å². The van der Waals surface area contributed by atoms with Crippen LogP contribution >= 0.6 is 0 Å². The van der Waals surface area contributed by atoms with E-state index >= 15 is 0 Å². The summed E-state index contributed by atoms with van der Waals surface area (Å²) in [5.74, 6) is 5.57. The lowest BCUT2D eigenvalue weighted by atomic mass is 9.47. The van der Waals surface area contributed by atoms with Gasteiger partial charge in [-0.3, -0.25) is 0 Å². The fourth-order valence-corrected chi connectivity index (χ4v) is 10.4. The first kappa shape index (κ1) is 28.2. The molecule has 1 saturated heterocycles. The monoisotopic (exact) mass is 513 g/mol. The lowest BCUT2D eigenvalue weighted by Gasteiger charge is -2.58. The second kappa shape index (κ2) is 11.2. The molecule has 3 nitrogen and oxygen atoms in total. The van der Waals surface area contributed by atoms with Crippen molar-refractivity contribution >= 4 is 0 Å². The standard InChI is InChI=1S/C34H61N2O/c1-25(2)8-7-9-26(3)30-12-13-31-29-11-10-27-24-28(37-23-22-36(6)20-18-35-19-21-36)14-16-33(27,4)32(29)15-17-34(30,31)5/h10,25-26,28-32,35H,7-9,11-24H2,1-6H3/q+1/t26-,28+,29+,30-,31+,32+,33+,34-/m1/s1. The predicted octanol–water partition coefficient (Wildman–Crippen LogP) is 7.46. The smallest absolute Gasteiger partial charge is 0.102 e. The molecule has 0 aromatic rings. The number of nitrogens with one attached hydrogen (secondary N) is 1. The predicted molar refractivity (Wildman–Crippen MR) is 156 cm³/mol. The Kier molecular flexibility index (Phi) is 8.56. The van der Waals surface area contributed by atoms with Crippen LogP contribution in [0.2, 0.25) is 0 Å². The SMILES string of the molecule is CC(C)CCC[C@@H](C)[C@H]1CC[C@H]2[C@@H]3CC=C4C[C@@H](OCC[N+]5(C)CCNCC5)CC[C@]4(C)[C@H]3CC[C@]12C. The molecule has 1 aliphatic heterocycles. The van der Waals surface area contributed by atoms with Gasteiger partial charge in [-0.2, -0.15) is 0 Å². The molecule has 0 aromatic carbocycles. The molecule has 3 heteroatoms. The Morgan fingerprint density at radius 2 is 1.78 bits per heavy atom. The zero-order chi connectivity index (χ0) is 26.3. The number of ether oxygens (including phenoxy) is 1. The maximum Gasteiger partial charge on any atom is 0.102 e. The highest BCUT2D eigenvalue weighted by molar-refractivity contribution is 5.25. The third-order valence-electron chi connectivity index (χ3n) is 12.9. The van der Waals surface area contributed by atoms with Crippen molar-refractivity contribution in [2.75, 3.05) is 46.4 Å². The van der Waals surface area contributed by atoms with Gasteiger partial charge in [0, 0.05) is 13.1 Å². The Labute approximate surface area is 230 Å². The van der Waals surface area contributed by atoms with E-state index in [4.69, 9.17) is 4.74 Å². The van der Waals surface area contributed by atoms with Gasteiger partial charge in [-0.25, -0.2) is 0 Å². The van der Waals surface area contributed by atoms with Gasteiger partial charge in [0.25, 0.3) is 0 Å². The van der Waals surface area contributed by atoms with Gasteiger partial charge in [-0.05, 0) is 97.7 Å². The van der Waals surface area contributed by atoms with Crippen molar-refractivity contribution in [2.24, 2.45) is 46.3 Å². The van der Waals surface area contributed by atoms with Crippen molar-refractivity contribution in [3.8, 4) is 0 Å². The Morgan fingerprint density at radius 1 is 1.00 bits per heavy atom. The number of hydrogen-bond acceptors (Lipinski definition) is 2. The molecule has 5 aliphatic rings. The van der Waals surface area contributed by atoms with Gasteiger partial charge in [0.1, 0.15) is 6.54 Å². The second-order valence-electron chi connectivity index (χ2n) is 15.6. The molecule has 1 N–H and O–H groups in total. The minimum Gasteiger partial charge on any atom is -0.372 e. The normalized spacial score (nSPS) is 42.0. The minimum atomic E-state index is 0.447. The first-order valence-electron chi connectivity index (χ1n) is 16.5. The molecule has 37 heavy (non-hydrogen) atoms. The van der Waals surface area contributed by atoms with Gasteiger partial charge in [0.2, 0.25) is 0 Å². The van der Waals surface area contributed by atoms with Crippen LogP contribution in [0, 0.1) is 46.3 Å². The van der Waals surface area contributed by atoms with E-state index < -0.39 is 0 Å². The van der Waals surface area contributed by atoms with Gasteiger partial charge in [-0.15, -0.1) is 0 Å². The number of fused-ring (bicyclic) bond motifs is 5. The zero-order valence-corrected chi connectivity index (χ0v) is 25.5. The molecule has 0 spiro atoms. The summed E-state index contributed by atoms with van der Waals surface area (Å²) in [4.78, 5) is 0. The third kappa shape index (κ3) is 5.62. The van der Waals surface area contributed by atoms with Crippen molar-refractivity contribution < 1.29 is 9.22 Å². The summed E-state index contributed by atoms with van der Waals surface area (Å²) in [5.41, 5.74) is 2.83. The molecular formula is C34H61N2O+. The Balaban J connectivity index is 1.19. The summed E-state index contributed by atoms with van der Waals surface area (Å²) in [6.07, 6.45) is 18.7. The fraction of sp³-hybridized carbons (Fsp3) is 0.941. The van der Waals surface area contributed by atoms with E-state index in [-0.39, 0.29) is 0 Å². The minimum absolute atomic E-state index is 0.447. The molecule has 0 radical (unpaired) electrons. The van der Waals surface area contributed by atoms with Crippen molar-refractivity contribution in [3.63, 3.8) is 0 Å². The van der Waals surface area contributed by atoms with E-state index in [2.05, 4.69) is 53.1 Å². The molecule has 0 aromatic heterocycles. The summed E-state index contributed by atoms with van der Waals surface area (Å²) in [7, 11) is 2.42. The average molecular weight is 514 g/mol. The topological polar surface area (TPSA) is 21.3 Å². The van der Waals surface area contributed by atoms with Crippen LogP contribution in [0.1, 0.15) is 105 Å². The first-order chi connectivity index (χ1) is 17.6. The summed E-state index contributed by atoms with van der Waals surface area (Å²) < 4.78 is 7.76. The zero-order valence-electron chi connectivity index (χ0n) is 25.5. The average Bonchev–Trinajstić information content (AvgIpc) is 3.21. The molecule has 0 amide bonds. The van der Waals surface area contributed by atoms with Crippen LogP contribution in [0.3, 0.4) is 0 Å². The highest BCUT2D eigenvalue weighted by Gasteiger charge is 2.59. The Bertz CT molecular complexity index is 800. The Hall–Kier alpha value is -0.380. The quantitative estimate of drug-likeness (QED) is 0.255. The van der Waals surface area contributed by atoms with Crippen molar-refractivity contribution in [2.45, 2.75) is 111 Å². The molecule has 3 saturated carbocycles.